The van der Waals surface area contributed by atoms with Gasteiger partial charge in [0, 0.05) is 18.0 Å². The summed E-state index contributed by atoms with van der Waals surface area (Å²) < 4.78 is 18.0. The second-order valence-electron chi connectivity index (χ2n) is 4.02. The number of aromatic nitrogens is 2. The lowest BCUT2D eigenvalue weighted by atomic mass is 10.0. The van der Waals surface area contributed by atoms with E-state index < -0.39 is 0 Å². The van der Waals surface area contributed by atoms with Gasteiger partial charge in [-0.3, -0.25) is 4.98 Å². The van der Waals surface area contributed by atoms with Gasteiger partial charge in [-0.05, 0) is 29.8 Å². The van der Waals surface area contributed by atoms with Gasteiger partial charge in [-0.25, -0.2) is 4.39 Å². The number of anilines is 1. The van der Waals surface area contributed by atoms with Crippen molar-refractivity contribution in [2.24, 2.45) is 0 Å². The van der Waals surface area contributed by atoms with Gasteiger partial charge >= 0.3 is 0 Å². The molecular formula is C14H10FN3O. The third kappa shape index (κ3) is 2.06. The van der Waals surface area contributed by atoms with E-state index in [1.807, 2.05) is 6.07 Å². The number of nitrogens with zero attached hydrogens (tertiary/aromatic N) is 2. The Kier molecular flexibility index (Phi) is 2.72. The topological polar surface area (TPSA) is 64.9 Å². The summed E-state index contributed by atoms with van der Waals surface area (Å²) in [6.45, 7) is 0. The number of hydrogen-bond acceptors (Lipinski definition) is 4. The maximum Gasteiger partial charge on any atom is 0.230 e. The summed E-state index contributed by atoms with van der Waals surface area (Å²) in [5.74, 6) is -0.104. The molecular weight excluding hydrogens is 245 g/mol. The van der Waals surface area contributed by atoms with Gasteiger partial charge in [-0.2, -0.15) is 0 Å². The van der Waals surface area contributed by atoms with Crippen LogP contribution in [-0.4, -0.2) is 10.1 Å². The largest absolute Gasteiger partial charge is 0.367 e. The van der Waals surface area contributed by atoms with E-state index in [2.05, 4.69) is 10.1 Å². The van der Waals surface area contributed by atoms with Crippen LogP contribution in [0.4, 0.5) is 10.3 Å². The van der Waals surface area contributed by atoms with Crippen molar-refractivity contribution in [3.63, 3.8) is 0 Å². The Morgan fingerprint density at radius 2 is 1.84 bits per heavy atom. The summed E-state index contributed by atoms with van der Waals surface area (Å²) in [6.07, 6.45) is 3.34. The zero-order valence-corrected chi connectivity index (χ0v) is 9.88. The van der Waals surface area contributed by atoms with Crippen LogP contribution in [0.5, 0.6) is 0 Å². The van der Waals surface area contributed by atoms with E-state index in [0.29, 0.717) is 11.3 Å². The summed E-state index contributed by atoms with van der Waals surface area (Å²) in [7, 11) is 0. The molecule has 0 fully saturated rings. The second-order valence-corrected chi connectivity index (χ2v) is 4.02. The molecule has 0 saturated heterocycles. The van der Waals surface area contributed by atoms with Gasteiger partial charge in [0.25, 0.3) is 0 Å². The first kappa shape index (κ1) is 11.4. The highest BCUT2D eigenvalue weighted by molar-refractivity contribution is 5.86. The smallest absolute Gasteiger partial charge is 0.230 e. The van der Waals surface area contributed by atoms with Crippen molar-refractivity contribution in [3.8, 4) is 22.4 Å². The molecule has 3 aromatic rings. The van der Waals surface area contributed by atoms with Gasteiger partial charge in [-0.1, -0.05) is 17.3 Å². The number of hydrogen-bond donors (Lipinski definition) is 1. The van der Waals surface area contributed by atoms with Gasteiger partial charge in [0.2, 0.25) is 5.88 Å². The highest BCUT2D eigenvalue weighted by atomic mass is 19.1. The molecule has 0 bridgehead atoms. The van der Waals surface area contributed by atoms with Gasteiger partial charge in [0.05, 0.1) is 5.56 Å². The molecule has 0 amide bonds. The SMILES string of the molecule is Nc1onc(-c2cccnc2)c1-c1ccc(F)cc1. The Morgan fingerprint density at radius 3 is 2.53 bits per heavy atom. The summed E-state index contributed by atoms with van der Waals surface area (Å²) in [4.78, 5) is 4.04. The van der Waals surface area contributed by atoms with Crippen molar-refractivity contribution in [2.75, 3.05) is 5.73 Å². The third-order valence-electron chi connectivity index (χ3n) is 2.79. The monoisotopic (exact) mass is 255 g/mol. The molecule has 2 aromatic heterocycles. The van der Waals surface area contributed by atoms with E-state index in [1.165, 1.54) is 12.1 Å². The van der Waals surface area contributed by atoms with Crippen molar-refractivity contribution in [1.29, 1.82) is 0 Å². The van der Waals surface area contributed by atoms with Crippen LogP contribution >= 0.6 is 0 Å². The molecule has 0 aliphatic heterocycles. The van der Waals surface area contributed by atoms with Crippen molar-refractivity contribution in [1.82, 2.24) is 10.1 Å². The fraction of sp³-hybridized carbons (Fsp3) is 0. The number of pyridine rings is 1. The second kappa shape index (κ2) is 4.53. The highest BCUT2D eigenvalue weighted by Crippen LogP contribution is 2.35. The first-order chi connectivity index (χ1) is 9.25. The quantitative estimate of drug-likeness (QED) is 0.764. The average Bonchev–Trinajstić information content (AvgIpc) is 2.83. The van der Waals surface area contributed by atoms with E-state index in [9.17, 15) is 4.39 Å². The van der Waals surface area contributed by atoms with E-state index >= 15 is 0 Å². The van der Waals surface area contributed by atoms with Crippen LogP contribution in [0.2, 0.25) is 0 Å². The van der Waals surface area contributed by atoms with Gasteiger partial charge in [-0.15, -0.1) is 0 Å². The van der Waals surface area contributed by atoms with E-state index in [0.717, 1.165) is 11.1 Å². The van der Waals surface area contributed by atoms with Crippen LogP contribution in [-0.2, 0) is 0 Å². The first-order valence-electron chi connectivity index (χ1n) is 5.67. The van der Waals surface area contributed by atoms with E-state index in [1.54, 1.807) is 30.6 Å². The minimum Gasteiger partial charge on any atom is -0.367 e. The zero-order valence-electron chi connectivity index (χ0n) is 9.88. The molecule has 0 saturated carbocycles. The molecule has 0 atom stereocenters. The van der Waals surface area contributed by atoms with Gasteiger partial charge in [0.15, 0.2) is 0 Å². The molecule has 2 heterocycles. The van der Waals surface area contributed by atoms with Gasteiger partial charge in [0.1, 0.15) is 11.5 Å². The van der Waals surface area contributed by atoms with Crippen molar-refractivity contribution in [3.05, 3.63) is 54.6 Å². The maximum atomic E-state index is 13.0. The van der Waals surface area contributed by atoms with Crippen LogP contribution in [0, 0.1) is 5.82 Å². The first-order valence-corrected chi connectivity index (χ1v) is 5.67. The minimum atomic E-state index is -0.304. The third-order valence-corrected chi connectivity index (χ3v) is 2.79. The maximum absolute atomic E-state index is 13.0. The number of nitrogens with two attached hydrogens (primary N) is 1. The molecule has 0 spiro atoms. The standard InChI is InChI=1S/C14H10FN3O/c15-11-5-3-9(4-6-11)12-13(18-19-14(12)16)10-2-1-7-17-8-10/h1-8H,16H2. The van der Waals surface area contributed by atoms with Crippen molar-refractivity contribution < 1.29 is 8.91 Å². The summed E-state index contributed by atoms with van der Waals surface area (Å²) >= 11 is 0. The molecule has 2 N–H and O–H groups in total. The lowest BCUT2D eigenvalue weighted by molar-refractivity contribution is 0.439. The minimum absolute atomic E-state index is 0.200. The molecule has 0 aliphatic carbocycles. The van der Waals surface area contributed by atoms with Crippen molar-refractivity contribution in [2.45, 2.75) is 0 Å². The molecule has 3 rings (SSSR count). The Labute approximate surface area is 108 Å². The highest BCUT2D eigenvalue weighted by Gasteiger charge is 2.17. The number of nitrogen functional groups attached to an aromatic ring is 1. The van der Waals surface area contributed by atoms with Crippen LogP contribution < -0.4 is 5.73 Å². The van der Waals surface area contributed by atoms with Crippen molar-refractivity contribution >= 4 is 5.88 Å². The number of halogens is 1. The molecule has 0 unspecified atom stereocenters. The molecule has 94 valence electrons. The Bertz CT molecular complexity index is 692. The van der Waals surface area contributed by atoms with Crippen LogP contribution in [0.25, 0.3) is 22.4 Å². The number of rotatable bonds is 2. The molecule has 0 aliphatic rings. The van der Waals surface area contributed by atoms with E-state index in [-0.39, 0.29) is 11.7 Å². The fourth-order valence-electron chi connectivity index (χ4n) is 1.90. The Hall–Kier alpha value is -2.69. The predicted octanol–water partition coefficient (Wildman–Crippen LogP) is 3.12. The fourth-order valence-corrected chi connectivity index (χ4v) is 1.90. The lowest BCUT2D eigenvalue weighted by Gasteiger charge is -2.02. The normalized spacial score (nSPS) is 10.6. The zero-order chi connectivity index (χ0) is 13.2. The average molecular weight is 255 g/mol. The Morgan fingerprint density at radius 1 is 1.05 bits per heavy atom. The van der Waals surface area contributed by atoms with E-state index in [4.69, 9.17) is 10.3 Å². The van der Waals surface area contributed by atoms with Gasteiger partial charge < -0.3 is 10.3 Å². The predicted molar refractivity (Wildman–Crippen MR) is 69.5 cm³/mol. The summed E-state index contributed by atoms with van der Waals surface area (Å²) in [6, 6.07) is 9.67. The molecule has 4 nitrogen and oxygen atoms in total. The molecule has 1 aromatic carbocycles. The molecule has 5 heteroatoms. The van der Waals surface area contributed by atoms with Crippen LogP contribution in [0.15, 0.2) is 53.3 Å². The van der Waals surface area contributed by atoms with Crippen LogP contribution in [0.1, 0.15) is 0 Å². The molecule has 0 radical (unpaired) electrons. The lowest BCUT2D eigenvalue weighted by Crippen LogP contribution is -1.88. The number of benzene rings is 1. The van der Waals surface area contributed by atoms with Crippen LogP contribution in [0.3, 0.4) is 0 Å². The summed E-state index contributed by atoms with van der Waals surface area (Å²) in [5.41, 5.74) is 8.59. The summed E-state index contributed by atoms with van der Waals surface area (Å²) in [5, 5.41) is 3.95. The Balaban J connectivity index is 2.17. The molecule has 19 heavy (non-hydrogen) atoms.